The first-order valence-corrected chi connectivity index (χ1v) is 17.7. The fourth-order valence-electron chi connectivity index (χ4n) is 4.87. The van der Waals surface area contributed by atoms with Gasteiger partial charge in [-0.15, -0.1) is 0 Å². The van der Waals surface area contributed by atoms with Gasteiger partial charge in [0, 0.05) is 32.5 Å². The maximum atomic E-state index is 12.3. The highest BCUT2D eigenvalue weighted by Crippen LogP contribution is 2.14. The molecule has 0 aromatic carbocycles. The molecule has 0 radical (unpaired) electrons. The maximum Gasteiger partial charge on any atom is 0.326 e. The van der Waals surface area contributed by atoms with Gasteiger partial charge in [-0.1, -0.05) is 77.0 Å². The summed E-state index contributed by atoms with van der Waals surface area (Å²) in [6, 6.07) is -0.897. The summed E-state index contributed by atoms with van der Waals surface area (Å²) < 4.78 is 10.7. The quantitative estimate of drug-likeness (QED) is 0.0372. The SMILES string of the molecule is NOCC(=O)NCCNC(=O)COCCOCCNCCCC(NC(=O)CCCCCCCCCCCCCCCCC(=O)O)C(=O)O. The second-order valence-corrected chi connectivity index (χ2v) is 11.9. The predicted octanol–water partition coefficient (Wildman–Crippen LogP) is 2.41. The number of rotatable bonds is 36. The summed E-state index contributed by atoms with van der Waals surface area (Å²) in [5.41, 5.74) is 0. The van der Waals surface area contributed by atoms with Gasteiger partial charge in [0.25, 0.3) is 0 Å². The number of ether oxygens (including phenoxy) is 2. The minimum Gasteiger partial charge on any atom is -0.481 e. The third-order valence-electron chi connectivity index (χ3n) is 7.54. The Hall–Kier alpha value is -2.85. The summed E-state index contributed by atoms with van der Waals surface area (Å²) in [7, 11) is 0. The molecule has 48 heavy (non-hydrogen) atoms. The smallest absolute Gasteiger partial charge is 0.326 e. The molecule has 15 heteroatoms. The van der Waals surface area contributed by atoms with Gasteiger partial charge in [-0.3, -0.25) is 24.0 Å². The van der Waals surface area contributed by atoms with Crippen molar-refractivity contribution in [1.82, 2.24) is 21.3 Å². The highest BCUT2D eigenvalue weighted by atomic mass is 16.6. The van der Waals surface area contributed by atoms with Crippen LogP contribution in [-0.4, -0.2) is 105 Å². The number of hydrogen-bond donors (Lipinski definition) is 7. The molecule has 0 saturated heterocycles. The Labute approximate surface area is 286 Å². The fraction of sp³-hybridized carbons (Fsp3) is 0.848. The van der Waals surface area contributed by atoms with E-state index in [0.717, 1.165) is 44.9 Å². The van der Waals surface area contributed by atoms with Crippen LogP contribution in [0.15, 0.2) is 0 Å². The lowest BCUT2D eigenvalue weighted by Crippen LogP contribution is -2.41. The summed E-state index contributed by atoms with van der Waals surface area (Å²) in [5, 5.41) is 29.0. The largest absolute Gasteiger partial charge is 0.481 e. The van der Waals surface area contributed by atoms with E-state index in [4.69, 9.17) is 20.5 Å². The molecule has 0 aromatic rings. The molecule has 0 bridgehead atoms. The molecule has 1 unspecified atom stereocenters. The average Bonchev–Trinajstić information content (AvgIpc) is 3.04. The number of nitrogens with two attached hydrogens (primary N) is 1. The molecule has 0 saturated carbocycles. The first-order chi connectivity index (χ1) is 23.3. The Morgan fingerprint density at radius 2 is 1.04 bits per heavy atom. The third-order valence-corrected chi connectivity index (χ3v) is 7.54. The second kappa shape index (κ2) is 34.0. The summed E-state index contributed by atoms with van der Waals surface area (Å²) in [5.74, 6) is 2.16. The maximum absolute atomic E-state index is 12.3. The molecule has 15 nitrogen and oxygen atoms in total. The normalized spacial score (nSPS) is 11.6. The lowest BCUT2D eigenvalue weighted by Gasteiger charge is -2.15. The van der Waals surface area contributed by atoms with Gasteiger partial charge in [0.1, 0.15) is 19.3 Å². The Morgan fingerprint density at radius 3 is 1.56 bits per heavy atom. The highest BCUT2D eigenvalue weighted by Gasteiger charge is 2.19. The Bertz CT molecular complexity index is 850. The van der Waals surface area contributed by atoms with Crippen LogP contribution in [-0.2, 0) is 38.3 Å². The van der Waals surface area contributed by atoms with Crippen molar-refractivity contribution in [3.8, 4) is 0 Å². The molecule has 1 atom stereocenters. The zero-order valence-electron chi connectivity index (χ0n) is 28.9. The topological polar surface area (TPSA) is 228 Å². The lowest BCUT2D eigenvalue weighted by molar-refractivity contribution is -0.142. The van der Waals surface area contributed by atoms with Crippen molar-refractivity contribution in [1.29, 1.82) is 0 Å². The Balaban J connectivity index is 3.57. The summed E-state index contributed by atoms with van der Waals surface area (Å²) in [6.07, 6.45) is 17.1. The second-order valence-electron chi connectivity index (χ2n) is 11.9. The van der Waals surface area contributed by atoms with Gasteiger partial charge in [0.2, 0.25) is 17.7 Å². The van der Waals surface area contributed by atoms with Crippen LogP contribution in [0, 0.1) is 0 Å². The van der Waals surface area contributed by atoms with Gasteiger partial charge in [0.15, 0.2) is 0 Å². The molecule has 0 aliphatic carbocycles. The van der Waals surface area contributed by atoms with Crippen molar-refractivity contribution in [3.05, 3.63) is 0 Å². The molecule has 0 heterocycles. The monoisotopic (exact) mass is 689 g/mol. The minimum absolute atomic E-state index is 0.118. The Kier molecular flexibility index (Phi) is 32.0. The van der Waals surface area contributed by atoms with Gasteiger partial charge in [-0.25, -0.2) is 10.7 Å². The molecular weight excluding hydrogens is 626 g/mol. The summed E-state index contributed by atoms with van der Waals surface area (Å²) >= 11 is 0. The van der Waals surface area contributed by atoms with Crippen LogP contribution in [0.3, 0.4) is 0 Å². The molecule has 280 valence electrons. The van der Waals surface area contributed by atoms with Gasteiger partial charge in [-0.05, 0) is 32.2 Å². The average molecular weight is 690 g/mol. The van der Waals surface area contributed by atoms with E-state index >= 15 is 0 Å². The van der Waals surface area contributed by atoms with Gasteiger partial charge < -0.3 is 41.0 Å². The van der Waals surface area contributed by atoms with Crippen molar-refractivity contribution < 1.29 is 48.5 Å². The molecule has 3 amide bonds. The molecular formula is C33H63N5O10. The van der Waals surface area contributed by atoms with Crippen LogP contribution in [0.4, 0.5) is 0 Å². The zero-order chi connectivity index (χ0) is 35.5. The number of aliphatic carboxylic acids is 2. The van der Waals surface area contributed by atoms with Crippen LogP contribution in [0.2, 0.25) is 0 Å². The number of carbonyl (C=O) groups excluding carboxylic acids is 3. The van der Waals surface area contributed by atoms with E-state index in [1.165, 1.54) is 44.9 Å². The van der Waals surface area contributed by atoms with Crippen LogP contribution in [0.1, 0.15) is 116 Å². The lowest BCUT2D eigenvalue weighted by atomic mass is 10.0. The molecule has 0 aliphatic rings. The van der Waals surface area contributed by atoms with Crippen molar-refractivity contribution in [2.24, 2.45) is 5.90 Å². The van der Waals surface area contributed by atoms with E-state index in [1.807, 2.05) is 0 Å². The fourth-order valence-corrected chi connectivity index (χ4v) is 4.87. The number of amides is 3. The molecule has 8 N–H and O–H groups in total. The van der Waals surface area contributed by atoms with E-state index < -0.39 is 18.0 Å². The van der Waals surface area contributed by atoms with E-state index in [-0.39, 0.29) is 57.1 Å². The van der Waals surface area contributed by atoms with Gasteiger partial charge in [0.05, 0.1) is 19.8 Å². The van der Waals surface area contributed by atoms with E-state index in [2.05, 4.69) is 26.1 Å². The van der Waals surface area contributed by atoms with Gasteiger partial charge in [-0.2, -0.15) is 0 Å². The number of hydrogen-bond acceptors (Lipinski definition) is 10. The van der Waals surface area contributed by atoms with Crippen molar-refractivity contribution in [2.45, 2.75) is 122 Å². The first kappa shape index (κ1) is 45.2. The zero-order valence-corrected chi connectivity index (χ0v) is 28.9. The van der Waals surface area contributed by atoms with Gasteiger partial charge >= 0.3 is 11.9 Å². The van der Waals surface area contributed by atoms with Crippen molar-refractivity contribution >= 4 is 29.7 Å². The molecule has 0 spiro atoms. The van der Waals surface area contributed by atoms with Crippen molar-refractivity contribution in [3.63, 3.8) is 0 Å². The van der Waals surface area contributed by atoms with Crippen LogP contribution < -0.4 is 27.2 Å². The van der Waals surface area contributed by atoms with E-state index in [0.29, 0.717) is 45.6 Å². The van der Waals surface area contributed by atoms with E-state index in [9.17, 15) is 29.1 Å². The van der Waals surface area contributed by atoms with Crippen LogP contribution in [0.5, 0.6) is 0 Å². The number of nitrogens with one attached hydrogen (secondary N) is 4. The number of carboxylic acid groups (broad SMARTS) is 2. The number of unbranched alkanes of at least 4 members (excludes halogenated alkanes) is 13. The summed E-state index contributed by atoms with van der Waals surface area (Å²) in [4.78, 5) is 61.3. The minimum atomic E-state index is -1.03. The molecule has 0 aliphatic heterocycles. The molecule has 0 fully saturated rings. The summed E-state index contributed by atoms with van der Waals surface area (Å²) in [6.45, 7) is 2.31. The number of carbonyl (C=O) groups is 5. The van der Waals surface area contributed by atoms with Crippen LogP contribution in [0.25, 0.3) is 0 Å². The van der Waals surface area contributed by atoms with E-state index in [1.54, 1.807) is 0 Å². The predicted molar refractivity (Wildman–Crippen MR) is 181 cm³/mol. The van der Waals surface area contributed by atoms with Crippen LogP contribution >= 0.6 is 0 Å². The highest BCUT2D eigenvalue weighted by molar-refractivity contribution is 5.83. The standard InChI is InChI=1S/C33H63N5O10/c34-48-27-31(41)37-21-20-36-30(40)26-47-25-24-46-23-22-35-19-15-16-28(33(44)45)38-29(39)17-13-11-9-7-5-3-1-2-4-6-8-10-12-14-18-32(42)43/h28,35H,1-27,34H2,(H,36,40)(H,37,41)(H,38,39)(H,42,43)(H,44,45). The Morgan fingerprint density at radius 1 is 0.542 bits per heavy atom. The molecule has 0 rings (SSSR count). The first-order valence-electron chi connectivity index (χ1n) is 17.7. The molecule has 0 aromatic heterocycles. The van der Waals surface area contributed by atoms with Crippen molar-refractivity contribution in [2.75, 3.05) is 59.2 Å². The number of carboxylic acids is 2. The third kappa shape index (κ3) is 33.1.